The molecule has 4 N–H and O–H groups in total. The number of aryl methyl sites for hydroxylation is 1. The molecule has 1 unspecified atom stereocenters. The van der Waals surface area contributed by atoms with Gasteiger partial charge in [0.15, 0.2) is 0 Å². The van der Waals surface area contributed by atoms with Crippen molar-refractivity contribution in [3.8, 4) is 11.3 Å². The second kappa shape index (κ2) is 8.37. The van der Waals surface area contributed by atoms with E-state index in [1.807, 2.05) is 43.3 Å². The minimum Gasteiger partial charge on any atom is -0.394 e. The van der Waals surface area contributed by atoms with Gasteiger partial charge in [-0.15, -0.1) is 0 Å². The molecule has 1 atom stereocenters. The highest BCUT2D eigenvalue weighted by Gasteiger charge is 2.07. The maximum absolute atomic E-state index is 9.46. The van der Waals surface area contributed by atoms with Crippen molar-refractivity contribution < 1.29 is 10.2 Å². The highest BCUT2D eigenvalue weighted by atomic mass is 16.3. The Hall–Kier alpha value is -3.03. The number of aromatic nitrogens is 3. The first-order valence-electron chi connectivity index (χ1n) is 8.29. The first-order valence-corrected chi connectivity index (χ1v) is 8.29. The zero-order chi connectivity index (χ0) is 18.4. The Bertz CT molecular complexity index is 858. The number of hydrogen-bond acceptors (Lipinski definition) is 7. The number of aliphatic hydroxyl groups is 2. The summed E-state index contributed by atoms with van der Waals surface area (Å²) in [6, 6.07) is 11.4. The molecule has 0 aliphatic heterocycles. The molecule has 0 bridgehead atoms. The summed E-state index contributed by atoms with van der Waals surface area (Å²) in [4.78, 5) is 12.9. The Morgan fingerprint density at radius 1 is 1.15 bits per heavy atom. The first-order chi connectivity index (χ1) is 12.7. The molecule has 0 spiro atoms. The highest BCUT2D eigenvalue weighted by molar-refractivity contribution is 5.66. The summed E-state index contributed by atoms with van der Waals surface area (Å²) in [6.07, 6.45) is 4.38. The van der Waals surface area contributed by atoms with E-state index < -0.39 is 6.10 Å². The molecule has 0 radical (unpaired) electrons. The third-order valence-corrected chi connectivity index (χ3v) is 3.85. The Morgan fingerprint density at radius 3 is 2.81 bits per heavy atom. The lowest BCUT2D eigenvalue weighted by atomic mass is 10.1. The van der Waals surface area contributed by atoms with Gasteiger partial charge in [-0.1, -0.05) is 6.07 Å². The van der Waals surface area contributed by atoms with Crippen LogP contribution in [0.25, 0.3) is 11.3 Å². The number of pyridine rings is 1. The molecule has 3 rings (SSSR count). The van der Waals surface area contributed by atoms with Crippen LogP contribution < -0.4 is 10.6 Å². The van der Waals surface area contributed by atoms with Crippen LogP contribution in [-0.2, 0) is 0 Å². The molecule has 7 heteroatoms. The van der Waals surface area contributed by atoms with Gasteiger partial charge < -0.3 is 20.8 Å². The van der Waals surface area contributed by atoms with Crippen LogP contribution in [0.1, 0.15) is 5.56 Å². The molecule has 1 aromatic carbocycles. The number of anilines is 3. The quantitative estimate of drug-likeness (QED) is 0.518. The van der Waals surface area contributed by atoms with Crippen LogP contribution in [-0.4, -0.2) is 44.4 Å². The van der Waals surface area contributed by atoms with Gasteiger partial charge in [0.05, 0.1) is 18.4 Å². The third kappa shape index (κ3) is 4.53. The summed E-state index contributed by atoms with van der Waals surface area (Å²) in [6.45, 7) is 1.98. The van der Waals surface area contributed by atoms with Crippen LogP contribution >= 0.6 is 0 Å². The van der Waals surface area contributed by atoms with Crippen molar-refractivity contribution >= 4 is 17.3 Å². The van der Waals surface area contributed by atoms with Crippen molar-refractivity contribution in [1.29, 1.82) is 0 Å². The number of benzene rings is 1. The number of rotatable bonds is 7. The summed E-state index contributed by atoms with van der Waals surface area (Å²) >= 11 is 0. The molecular weight excluding hydrogens is 330 g/mol. The van der Waals surface area contributed by atoms with Gasteiger partial charge in [0.2, 0.25) is 5.95 Å². The Kier molecular flexibility index (Phi) is 5.73. The molecule has 26 heavy (non-hydrogen) atoms. The summed E-state index contributed by atoms with van der Waals surface area (Å²) in [5.74, 6) is 0.488. The van der Waals surface area contributed by atoms with Gasteiger partial charge >= 0.3 is 0 Å². The zero-order valence-corrected chi connectivity index (χ0v) is 14.4. The first kappa shape index (κ1) is 17.8. The molecule has 0 saturated carbocycles. The smallest absolute Gasteiger partial charge is 0.227 e. The summed E-state index contributed by atoms with van der Waals surface area (Å²) in [7, 11) is 0. The predicted octanol–water partition coefficient (Wildman–Crippen LogP) is 2.36. The molecule has 2 aromatic heterocycles. The lowest BCUT2D eigenvalue weighted by Gasteiger charge is -2.14. The van der Waals surface area contributed by atoms with E-state index in [9.17, 15) is 5.11 Å². The number of nitrogens with one attached hydrogen (secondary N) is 2. The van der Waals surface area contributed by atoms with Gasteiger partial charge in [0.25, 0.3) is 0 Å². The predicted molar refractivity (Wildman–Crippen MR) is 101 cm³/mol. The van der Waals surface area contributed by atoms with E-state index in [0.29, 0.717) is 5.95 Å². The number of nitrogens with zero attached hydrogens (tertiary/aromatic N) is 3. The Labute approximate surface area is 151 Å². The summed E-state index contributed by atoms with van der Waals surface area (Å²) < 4.78 is 0. The van der Waals surface area contributed by atoms with Crippen molar-refractivity contribution in [2.75, 3.05) is 23.8 Å². The fourth-order valence-electron chi connectivity index (χ4n) is 2.38. The maximum Gasteiger partial charge on any atom is 0.227 e. The molecule has 0 aliphatic carbocycles. The van der Waals surface area contributed by atoms with E-state index in [1.54, 1.807) is 18.6 Å². The van der Waals surface area contributed by atoms with Gasteiger partial charge in [0, 0.05) is 42.1 Å². The van der Waals surface area contributed by atoms with Crippen molar-refractivity contribution in [3.05, 3.63) is 60.6 Å². The molecule has 134 valence electrons. The fraction of sp³-hybridized carbons (Fsp3) is 0.211. The van der Waals surface area contributed by atoms with Crippen LogP contribution in [0.3, 0.4) is 0 Å². The van der Waals surface area contributed by atoms with Crippen molar-refractivity contribution in [2.24, 2.45) is 0 Å². The van der Waals surface area contributed by atoms with E-state index in [1.165, 1.54) is 0 Å². The highest BCUT2D eigenvalue weighted by Crippen LogP contribution is 2.24. The number of aliphatic hydroxyl groups excluding tert-OH is 2. The standard InChI is InChI=1S/C19H21N5O2/c1-13-4-5-15(22-11-16(26)12-25)9-18(13)24-19-21-8-6-17(23-19)14-3-2-7-20-10-14/h2-10,16,22,25-26H,11-12H2,1H3,(H,21,23,24). The summed E-state index contributed by atoms with van der Waals surface area (Å²) in [5.41, 5.74) is 4.43. The fourth-order valence-corrected chi connectivity index (χ4v) is 2.38. The van der Waals surface area contributed by atoms with E-state index in [2.05, 4.69) is 25.6 Å². The van der Waals surface area contributed by atoms with Gasteiger partial charge in [0.1, 0.15) is 0 Å². The lowest BCUT2D eigenvalue weighted by molar-refractivity contribution is 0.105. The lowest BCUT2D eigenvalue weighted by Crippen LogP contribution is -2.22. The molecule has 3 aromatic rings. The van der Waals surface area contributed by atoms with E-state index in [4.69, 9.17) is 5.11 Å². The zero-order valence-electron chi connectivity index (χ0n) is 14.4. The summed E-state index contributed by atoms with van der Waals surface area (Å²) in [5, 5.41) is 24.7. The topological polar surface area (TPSA) is 103 Å². The van der Waals surface area contributed by atoms with E-state index >= 15 is 0 Å². The van der Waals surface area contributed by atoms with Crippen molar-refractivity contribution in [3.63, 3.8) is 0 Å². The Morgan fingerprint density at radius 2 is 2.04 bits per heavy atom. The minimum absolute atomic E-state index is 0.270. The second-order valence-electron chi connectivity index (χ2n) is 5.88. The van der Waals surface area contributed by atoms with E-state index in [-0.39, 0.29) is 13.2 Å². The van der Waals surface area contributed by atoms with Crippen LogP contribution in [0.4, 0.5) is 17.3 Å². The monoisotopic (exact) mass is 351 g/mol. The van der Waals surface area contributed by atoms with Gasteiger partial charge in [-0.3, -0.25) is 4.98 Å². The molecular formula is C19H21N5O2. The van der Waals surface area contributed by atoms with Crippen LogP contribution in [0, 0.1) is 6.92 Å². The molecule has 0 aliphatic rings. The maximum atomic E-state index is 9.46. The minimum atomic E-state index is -0.799. The average Bonchev–Trinajstić information content (AvgIpc) is 2.69. The van der Waals surface area contributed by atoms with Gasteiger partial charge in [-0.25, -0.2) is 9.97 Å². The molecule has 2 heterocycles. The Balaban J connectivity index is 1.78. The molecule has 0 amide bonds. The van der Waals surface area contributed by atoms with Gasteiger partial charge in [-0.2, -0.15) is 0 Å². The van der Waals surface area contributed by atoms with Crippen molar-refractivity contribution in [2.45, 2.75) is 13.0 Å². The SMILES string of the molecule is Cc1ccc(NCC(O)CO)cc1Nc1nccc(-c2cccnc2)n1. The van der Waals surface area contributed by atoms with Crippen LogP contribution in [0.2, 0.25) is 0 Å². The van der Waals surface area contributed by atoms with Crippen LogP contribution in [0.15, 0.2) is 55.0 Å². The normalized spacial score (nSPS) is 11.8. The number of hydrogen-bond donors (Lipinski definition) is 4. The molecule has 7 nitrogen and oxygen atoms in total. The van der Waals surface area contributed by atoms with Crippen LogP contribution in [0.5, 0.6) is 0 Å². The largest absolute Gasteiger partial charge is 0.394 e. The molecule has 0 saturated heterocycles. The molecule has 0 fully saturated rings. The van der Waals surface area contributed by atoms with Crippen molar-refractivity contribution in [1.82, 2.24) is 15.0 Å². The third-order valence-electron chi connectivity index (χ3n) is 3.85. The second-order valence-corrected chi connectivity index (χ2v) is 5.88. The van der Waals surface area contributed by atoms with Gasteiger partial charge in [-0.05, 0) is 42.8 Å². The average molecular weight is 351 g/mol. The van der Waals surface area contributed by atoms with E-state index in [0.717, 1.165) is 28.2 Å².